The fraction of sp³-hybridized carbons (Fsp3) is 0.714. The Morgan fingerprint density at radius 3 is 2.79 bits per heavy atom. The van der Waals surface area contributed by atoms with Crippen LogP contribution < -0.4 is 5.32 Å². The van der Waals surface area contributed by atoms with Crippen molar-refractivity contribution in [3.05, 3.63) is 16.5 Å². The molecule has 0 saturated heterocycles. The summed E-state index contributed by atoms with van der Waals surface area (Å²) in [5, 5.41) is 13.7. The number of aryl methyl sites for hydroxylation is 1. The summed E-state index contributed by atoms with van der Waals surface area (Å²) in [6, 6.07) is 0. The molecule has 5 heteroatoms. The largest absolute Gasteiger partial charge is 0.394 e. The van der Waals surface area contributed by atoms with E-state index in [-0.39, 0.29) is 12.1 Å². The van der Waals surface area contributed by atoms with Crippen molar-refractivity contribution in [3.8, 4) is 0 Å². The van der Waals surface area contributed by atoms with Crippen molar-refractivity contribution >= 4 is 17.4 Å². The number of rotatable bonds is 3. The van der Waals surface area contributed by atoms with Gasteiger partial charge in [-0.25, -0.2) is 9.97 Å². The van der Waals surface area contributed by atoms with Crippen LogP contribution in [0, 0.1) is 19.8 Å². The second kappa shape index (κ2) is 5.63. The average molecular weight is 284 g/mol. The fourth-order valence-corrected chi connectivity index (χ4v) is 3.14. The quantitative estimate of drug-likeness (QED) is 0.837. The molecule has 1 aliphatic carbocycles. The number of aromatic nitrogens is 2. The lowest BCUT2D eigenvalue weighted by Gasteiger charge is -2.40. The molecule has 0 bridgehead atoms. The van der Waals surface area contributed by atoms with Crippen LogP contribution in [0.15, 0.2) is 0 Å². The maximum Gasteiger partial charge on any atom is 0.137 e. The van der Waals surface area contributed by atoms with Gasteiger partial charge < -0.3 is 10.4 Å². The molecular weight excluding hydrogens is 262 g/mol. The molecule has 1 saturated carbocycles. The van der Waals surface area contributed by atoms with Crippen LogP contribution in [0.4, 0.5) is 5.82 Å². The van der Waals surface area contributed by atoms with Crippen molar-refractivity contribution in [1.29, 1.82) is 0 Å². The molecule has 0 aromatic carbocycles. The zero-order chi connectivity index (χ0) is 14.0. The zero-order valence-corrected chi connectivity index (χ0v) is 12.6. The number of hydrogen-bond donors (Lipinski definition) is 2. The van der Waals surface area contributed by atoms with Gasteiger partial charge in [-0.1, -0.05) is 31.4 Å². The van der Waals surface area contributed by atoms with E-state index in [4.69, 9.17) is 11.6 Å². The summed E-state index contributed by atoms with van der Waals surface area (Å²) in [5.74, 6) is 2.02. The smallest absolute Gasteiger partial charge is 0.137 e. The number of nitrogens with one attached hydrogen (secondary N) is 1. The van der Waals surface area contributed by atoms with Crippen molar-refractivity contribution in [2.75, 3.05) is 11.9 Å². The third-order valence-electron chi connectivity index (χ3n) is 3.98. The third-order valence-corrected chi connectivity index (χ3v) is 4.34. The van der Waals surface area contributed by atoms with E-state index in [1.807, 2.05) is 13.8 Å². The molecule has 2 unspecified atom stereocenters. The lowest BCUT2D eigenvalue weighted by atomic mass is 9.77. The lowest BCUT2D eigenvalue weighted by molar-refractivity contribution is 0.149. The Morgan fingerprint density at radius 2 is 2.16 bits per heavy atom. The number of nitrogens with zero attached hydrogens (tertiary/aromatic N) is 2. The van der Waals surface area contributed by atoms with Gasteiger partial charge in [0.15, 0.2) is 0 Å². The number of anilines is 1. The number of aliphatic hydroxyl groups is 1. The lowest BCUT2D eigenvalue weighted by Crippen LogP contribution is -2.46. The highest BCUT2D eigenvalue weighted by Gasteiger charge is 2.35. The highest BCUT2D eigenvalue weighted by atomic mass is 35.5. The van der Waals surface area contributed by atoms with Crippen LogP contribution in [-0.2, 0) is 0 Å². The molecule has 1 aromatic heterocycles. The first-order valence-corrected chi connectivity index (χ1v) is 7.23. The van der Waals surface area contributed by atoms with Crippen LogP contribution in [0.5, 0.6) is 0 Å². The summed E-state index contributed by atoms with van der Waals surface area (Å²) in [5.41, 5.74) is 0.574. The highest BCUT2D eigenvalue weighted by molar-refractivity contribution is 6.30. The molecule has 1 aromatic rings. The summed E-state index contributed by atoms with van der Waals surface area (Å²) < 4.78 is 0. The number of halogens is 1. The Kier molecular flexibility index (Phi) is 4.31. The summed E-state index contributed by atoms with van der Waals surface area (Å²) in [6.07, 6.45) is 4.29. The molecule has 19 heavy (non-hydrogen) atoms. The molecule has 0 aliphatic heterocycles. The summed E-state index contributed by atoms with van der Waals surface area (Å²) in [6.45, 7) is 6.08. The van der Waals surface area contributed by atoms with Gasteiger partial charge in [-0.05, 0) is 32.6 Å². The van der Waals surface area contributed by atoms with Crippen molar-refractivity contribution in [3.63, 3.8) is 0 Å². The fourth-order valence-electron chi connectivity index (χ4n) is 2.92. The van der Waals surface area contributed by atoms with E-state index in [9.17, 15) is 5.11 Å². The maximum absolute atomic E-state index is 9.81. The van der Waals surface area contributed by atoms with Crippen LogP contribution >= 0.6 is 11.6 Å². The van der Waals surface area contributed by atoms with Gasteiger partial charge in [-0.3, -0.25) is 0 Å². The summed E-state index contributed by atoms with van der Waals surface area (Å²) in [7, 11) is 0. The van der Waals surface area contributed by atoms with Gasteiger partial charge in [0.25, 0.3) is 0 Å². The van der Waals surface area contributed by atoms with Gasteiger partial charge in [-0.2, -0.15) is 0 Å². The van der Waals surface area contributed by atoms with E-state index in [1.165, 1.54) is 6.42 Å². The Bertz CT molecular complexity index is 466. The second-order valence-corrected chi connectivity index (χ2v) is 6.16. The van der Waals surface area contributed by atoms with Gasteiger partial charge in [0.2, 0.25) is 0 Å². The maximum atomic E-state index is 9.81. The molecule has 2 N–H and O–H groups in total. The number of hydrogen-bond acceptors (Lipinski definition) is 4. The Balaban J connectivity index is 2.27. The first-order valence-electron chi connectivity index (χ1n) is 6.85. The van der Waals surface area contributed by atoms with Crippen LogP contribution in [-0.4, -0.2) is 27.2 Å². The molecule has 1 aliphatic rings. The van der Waals surface area contributed by atoms with E-state index in [1.54, 1.807) is 0 Å². The molecule has 0 spiro atoms. The third kappa shape index (κ3) is 3.18. The van der Waals surface area contributed by atoms with E-state index in [2.05, 4.69) is 22.2 Å². The second-order valence-electron chi connectivity index (χ2n) is 5.80. The van der Waals surface area contributed by atoms with Crippen LogP contribution in [0.3, 0.4) is 0 Å². The topological polar surface area (TPSA) is 58.0 Å². The number of aliphatic hydroxyl groups excluding tert-OH is 1. The van der Waals surface area contributed by atoms with E-state index in [0.717, 1.165) is 30.6 Å². The van der Waals surface area contributed by atoms with Crippen molar-refractivity contribution in [2.24, 2.45) is 5.92 Å². The average Bonchev–Trinajstić information content (AvgIpc) is 2.35. The molecule has 106 valence electrons. The minimum Gasteiger partial charge on any atom is -0.394 e. The van der Waals surface area contributed by atoms with Crippen molar-refractivity contribution in [1.82, 2.24) is 9.97 Å². The molecule has 0 amide bonds. The van der Waals surface area contributed by atoms with Crippen molar-refractivity contribution < 1.29 is 5.11 Å². The van der Waals surface area contributed by atoms with Crippen LogP contribution in [0.2, 0.25) is 5.15 Å². The minimum atomic E-state index is -0.271. The Labute approximate surface area is 119 Å². The first-order chi connectivity index (χ1) is 8.96. The van der Waals surface area contributed by atoms with Gasteiger partial charge in [-0.15, -0.1) is 0 Å². The van der Waals surface area contributed by atoms with E-state index >= 15 is 0 Å². The Hall–Kier alpha value is -0.870. The van der Waals surface area contributed by atoms with Gasteiger partial charge in [0.1, 0.15) is 16.8 Å². The zero-order valence-electron chi connectivity index (χ0n) is 11.8. The first kappa shape index (κ1) is 14.5. The normalized spacial score (nSPS) is 27.3. The van der Waals surface area contributed by atoms with Gasteiger partial charge >= 0.3 is 0 Å². The molecule has 0 radical (unpaired) electrons. The SMILES string of the molecule is Cc1nc(Cl)c(C)c(NC2(CO)CCCC(C)C2)n1. The molecule has 2 atom stereocenters. The summed E-state index contributed by atoms with van der Waals surface area (Å²) in [4.78, 5) is 8.57. The predicted octanol–water partition coefficient (Wildman–Crippen LogP) is 3.10. The monoisotopic (exact) mass is 283 g/mol. The van der Waals surface area contributed by atoms with E-state index in [0.29, 0.717) is 16.9 Å². The minimum absolute atomic E-state index is 0.122. The van der Waals surface area contributed by atoms with E-state index < -0.39 is 0 Å². The van der Waals surface area contributed by atoms with Crippen LogP contribution in [0.25, 0.3) is 0 Å². The molecule has 1 fully saturated rings. The standard InChI is InChI=1S/C14H22ClN3O/c1-9-5-4-6-14(7-9,8-19)18-13-10(2)12(15)16-11(3)17-13/h9,19H,4-8H2,1-3H3,(H,16,17,18). The highest BCUT2D eigenvalue weighted by Crippen LogP contribution is 2.35. The molecule has 4 nitrogen and oxygen atoms in total. The summed E-state index contributed by atoms with van der Waals surface area (Å²) >= 11 is 6.10. The van der Waals surface area contributed by atoms with Crippen LogP contribution in [0.1, 0.15) is 44.0 Å². The van der Waals surface area contributed by atoms with Gasteiger partial charge in [0.05, 0.1) is 12.1 Å². The Morgan fingerprint density at radius 1 is 1.42 bits per heavy atom. The molecular formula is C14H22ClN3O. The van der Waals surface area contributed by atoms with Gasteiger partial charge in [0, 0.05) is 5.56 Å². The molecule has 2 rings (SSSR count). The predicted molar refractivity (Wildman–Crippen MR) is 77.6 cm³/mol. The molecule has 1 heterocycles. The van der Waals surface area contributed by atoms with Crippen molar-refractivity contribution in [2.45, 2.75) is 52.0 Å².